The number of benzene rings is 2. The highest BCUT2D eigenvalue weighted by Crippen LogP contribution is 2.50. The van der Waals surface area contributed by atoms with E-state index in [1.54, 1.807) is 6.07 Å². The molecule has 2 aromatic carbocycles. The summed E-state index contributed by atoms with van der Waals surface area (Å²) in [6, 6.07) is 12.8. The second-order valence-corrected chi connectivity index (χ2v) is 8.93. The zero-order valence-corrected chi connectivity index (χ0v) is 18.5. The highest BCUT2D eigenvalue weighted by atomic mass is 32.1. The van der Waals surface area contributed by atoms with Crippen LogP contribution in [0.1, 0.15) is 36.0 Å². The van der Waals surface area contributed by atoms with Crippen LogP contribution in [0, 0.1) is 11.3 Å². The lowest BCUT2D eigenvalue weighted by Gasteiger charge is -2.46. The van der Waals surface area contributed by atoms with Gasteiger partial charge >= 0.3 is 6.18 Å². The minimum Gasteiger partial charge on any atom is -0.371 e. The average molecular weight is 461 g/mol. The van der Waals surface area contributed by atoms with Crippen LogP contribution in [0.2, 0.25) is 0 Å². The van der Waals surface area contributed by atoms with Crippen LogP contribution in [0.15, 0.2) is 42.5 Å². The lowest BCUT2D eigenvalue weighted by Crippen LogP contribution is -2.57. The third kappa shape index (κ3) is 3.62. The van der Waals surface area contributed by atoms with Gasteiger partial charge in [-0.05, 0) is 81.5 Å². The summed E-state index contributed by atoms with van der Waals surface area (Å²) in [7, 11) is 3.96. The molecule has 4 rings (SSSR count). The van der Waals surface area contributed by atoms with Gasteiger partial charge in [0.25, 0.3) is 0 Å². The number of rotatable bonds is 4. The van der Waals surface area contributed by atoms with Crippen molar-refractivity contribution in [1.29, 1.82) is 5.26 Å². The molecular weight excluding hydrogens is 437 g/mol. The molecule has 0 radical (unpaired) electrons. The number of halogens is 3. The molecule has 32 heavy (non-hydrogen) atoms. The summed E-state index contributed by atoms with van der Waals surface area (Å²) in [5.74, 6) is 0. The second kappa shape index (κ2) is 8.03. The first-order valence-corrected chi connectivity index (χ1v) is 10.7. The minimum absolute atomic E-state index is 0.117. The van der Waals surface area contributed by atoms with Gasteiger partial charge in [-0.2, -0.15) is 18.4 Å². The lowest BCUT2D eigenvalue weighted by atomic mass is 9.74. The van der Waals surface area contributed by atoms with Gasteiger partial charge in [-0.1, -0.05) is 12.1 Å². The Labute approximate surface area is 190 Å². The molecule has 168 valence electrons. The van der Waals surface area contributed by atoms with Crippen LogP contribution in [0.3, 0.4) is 0 Å². The summed E-state index contributed by atoms with van der Waals surface area (Å²) in [5.41, 5.74) is -0.165. The third-order valence-electron chi connectivity index (χ3n) is 6.19. The van der Waals surface area contributed by atoms with E-state index in [0.29, 0.717) is 12.8 Å². The number of aliphatic hydroxyl groups is 1. The Balaban J connectivity index is 1.74. The molecule has 0 amide bonds. The standard InChI is InChI=1S/C23H23F3N4OS/c1-28(2)14-15-4-7-17(8-5-15)30-21(32)29(20(31)22(30)10-3-11-22)18-9-6-16(13-27)19(12-18)23(24,25)26/h4-9,12,20,31H,3,10-11,14H2,1-2H3. The molecule has 0 bridgehead atoms. The van der Waals surface area contributed by atoms with Crippen LogP contribution >= 0.6 is 12.2 Å². The molecule has 0 aromatic heterocycles. The van der Waals surface area contributed by atoms with E-state index in [1.165, 1.54) is 11.0 Å². The first kappa shape index (κ1) is 22.5. The van der Waals surface area contributed by atoms with Crippen molar-refractivity contribution in [2.75, 3.05) is 23.9 Å². The molecule has 1 unspecified atom stereocenters. The summed E-state index contributed by atoms with van der Waals surface area (Å²) in [4.78, 5) is 5.30. The number of alkyl halides is 3. The van der Waals surface area contributed by atoms with Crippen LogP contribution in [-0.4, -0.2) is 41.0 Å². The Morgan fingerprint density at radius 3 is 2.28 bits per heavy atom. The number of nitriles is 1. The van der Waals surface area contributed by atoms with Gasteiger partial charge in [0.2, 0.25) is 0 Å². The fourth-order valence-electron chi connectivity index (χ4n) is 4.53. The smallest absolute Gasteiger partial charge is 0.371 e. The second-order valence-electron chi connectivity index (χ2n) is 8.56. The number of aliphatic hydroxyl groups excluding tert-OH is 1. The van der Waals surface area contributed by atoms with E-state index >= 15 is 0 Å². The molecule has 5 nitrogen and oxygen atoms in total. The summed E-state index contributed by atoms with van der Waals surface area (Å²) in [6.45, 7) is 0.774. The predicted molar refractivity (Wildman–Crippen MR) is 120 cm³/mol. The Bertz CT molecular complexity index is 1070. The highest BCUT2D eigenvalue weighted by molar-refractivity contribution is 7.80. The number of nitrogens with zero attached hydrogens (tertiary/aromatic N) is 4. The molecule has 1 saturated heterocycles. The van der Waals surface area contributed by atoms with Gasteiger partial charge in [-0.25, -0.2) is 0 Å². The number of anilines is 2. The van der Waals surface area contributed by atoms with Gasteiger partial charge in [0.15, 0.2) is 11.3 Å². The Morgan fingerprint density at radius 2 is 1.78 bits per heavy atom. The van der Waals surface area contributed by atoms with Crippen LogP contribution in [0.25, 0.3) is 0 Å². The van der Waals surface area contributed by atoms with Crippen LogP contribution in [0.4, 0.5) is 24.5 Å². The van der Waals surface area contributed by atoms with E-state index < -0.39 is 29.1 Å². The summed E-state index contributed by atoms with van der Waals surface area (Å²) < 4.78 is 40.6. The van der Waals surface area contributed by atoms with Crippen molar-refractivity contribution in [3.63, 3.8) is 0 Å². The molecular formula is C23H23F3N4OS. The van der Waals surface area contributed by atoms with E-state index in [9.17, 15) is 18.3 Å². The van der Waals surface area contributed by atoms with Crippen LogP contribution in [0.5, 0.6) is 0 Å². The van der Waals surface area contributed by atoms with E-state index in [4.69, 9.17) is 17.5 Å². The molecule has 2 aliphatic rings. The van der Waals surface area contributed by atoms with Crippen molar-refractivity contribution in [3.05, 3.63) is 59.2 Å². The van der Waals surface area contributed by atoms with E-state index in [2.05, 4.69) is 4.90 Å². The van der Waals surface area contributed by atoms with Crippen molar-refractivity contribution >= 4 is 28.7 Å². The average Bonchev–Trinajstić information content (AvgIpc) is 2.94. The van der Waals surface area contributed by atoms with Gasteiger partial charge in [0, 0.05) is 17.9 Å². The van der Waals surface area contributed by atoms with Crippen LogP contribution < -0.4 is 9.80 Å². The van der Waals surface area contributed by atoms with Crippen molar-refractivity contribution in [1.82, 2.24) is 4.90 Å². The fourth-order valence-corrected chi connectivity index (χ4v) is 5.02. The summed E-state index contributed by atoms with van der Waals surface area (Å²) in [5, 5.41) is 20.6. The quantitative estimate of drug-likeness (QED) is 0.679. The fraction of sp³-hybridized carbons (Fsp3) is 0.391. The molecule has 9 heteroatoms. The number of hydrogen-bond donors (Lipinski definition) is 1. The zero-order chi connectivity index (χ0) is 23.3. The SMILES string of the molecule is CN(C)Cc1ccc(N2C(=S)N(c3ccc(C#N)c(C(F)(F)F)c3)C(O)C23CCC3)cc1. The predicted octanol–water partition coefficient (Wildman–Crippen LogP) is 4.49. The monoisotopic (exact) mass is 460 g/mol. The highest BCUT2D eigenvalue weighted by Gasteiger charge is 2.59. The number of hydrogen-bond acceptors (Lipinski definition) is 4. The van der Waals surface area contributed by atoms with Crippen molar-refractivity contribution in [2.24, 2.45) is 0 Å². The first-order valence-electron chi connectivity index (χ1n) is 10.2. The Morgan fingerprint density at radius 1 is 1.16 bits per heavy atom. The summed E-state index contributed by atoms with van der Waals surface area (Å²) in [6.07, 6.45) is -3.55. The molecule has 1 saturated carbocycles. The normalized spacial score (nSPS) is 20.1. The van der Waals surface area contributed by atoms with Gasteiger partial charge in [-0.15, -0.1) is 0 Å². The Hall–Kier alpha value is -2.67. The van der Waals surface area contributed by atoms with Gasteiger partial charge in [0.1, 0.15) is 0 Å². The van der Waals surface area contributed by atoms with E-state index in [0.717, 1.165) is 36.3 Å². The molecule has 1 aliphatic carbocycles. The maximum Gasteiger partial charge on any atom is 0.417 e. The first-order chi connectivity index (χ1) is 15.1. The zero-order valence-electron chi connectivity index (χ0n) is 17.7. The topological polar surface area (TPSA) is 53.7 Å². The van der Waals surface area contributed by atoms with Gasteiger partial charge in [-0.3, -0.25) is 4.90 Å². The molecule has 1 spiro atoms. The maximum absolute atomic E-state index is 13.5. The van der Waals surface area contributed by atoms with Crippen molar-refractivity contribution in [3.8, 4) is 6.07 Å². The Kier molecular flexibility index (Phi) is 5.65. The van der Waals surface area contributed by atoms with Gasteiger partial charge in [0.05, 0.1) is 22.7 Å². The van der Waals surface area contributed by atoms with Gasteiger partial charge < -0.3 is 14.9 Å². The van der Waals surface area contributed by atoms with E-state index in [-0.39, 0.29) is 10.8 Å². The molecule has 1 heterocycles. The van der Waals surface area contributed by atoms with Crippen molar-refractivity contribution in [2.45, 2.75) is 43.8 Å². The molecule has 1 aliphatic heterocycles. The molecule has 1 N–H and O–H groups in total. The summed E-state index contributed by atoms with van der Waals surface area (Å²) >= 11 is 5.69. The molecule has 2 aromatic rings. The molecule has 2 fully saturated rings. The largest absolute Gasteiger partial charge is 0.417 e. The lowest BCUT2D eigenvalue weighted by molar-refractivity contribution is -0.137. The maximum atomic E-state index is 13.5. The van der Waals surface area contributed by atoms with Crippen molar-refractivity contribution < 1.29 is 18.3 Å². The van der Waals surface area contributed by atoms with Crippen LogP contribution in [-0.2, 0) is 12.7 Å². The third-order valence-corrected chi connectivity index (χ3v) is 6.57. The van der Waals surface area contributed by atoms with E-state index in [1.807, 2.05) is 43.3 Å². The number of thiocarbonyl (C=S) groups is 1. The minimum atomic E-state index is -4.69. The molecule has 1 atom stereocenters.